The number of benzene rings is 2. The molecule has 0 N–H and O–H groups in total. The first-order valence-corrected chi connectivity index (χ1v) is 9.02. The summed E-state index contributed by atoms with van der Waals surface area (Å²) in [6.07, 6.45) is 7.98. The molecule has 1 heteroatoms. The summed E-state index contributed by atoms with van der Waals surface area (Å²) < 4.78 is 0. The highest BCUT2D eigenvalue weighted by Gasteiger charge is 2.07. The maximum atomic E-state index is 3.84. The number of hydrogen-bond acceptors (Lipinski definition) is 0. The first kappa shape index (κ1) is 16.3. The molecule has 0 saturated carbocycles. The second kappa shape index (κ2) is 9.04. The first-order chi connectivity index (χ1) is 10.3. The summed E-state index contributed by atoms with van der Waals surface area (Å²) in [6.45, 7) is 2.27. The molecule has 0 spiro atoms. The molecule has 0 nitrogen and oxygen atoms in total. The van der Waals surface area contributed by atoms with E-state index in [2.05, 4.69) is 77.5 Å². The second-order valence-corrected chi connectivity index (χ2v) is 6.76. The van der Waals surface area contributed by atoms with E-state index < -0.39 is 0 Å². The van der Waals surface area contributed by atoms with Gasteiger partial charge in [-0.15, -0.1) is 0 Å². The summed E-state index contributed by atoms with van der Waals surface area (Å²) in [5.74, 6) is 0. The van der Waals surface area contributed by atoms with Crippen LogP contribution < -0.4 is 0 Å². The van der Waals surface area contributed by atoms with E-state index in [1.165, 1.54) is 55.2 Å². The minimum absolute atomic E-state index is 0.490. The van der Waals surface area contributed by atoms with Gasteiger partial charge in [0.1, 0.15) is 0 Å². The van der Waals surface area contributed by atoms with E-state index in [0.717, 1.165) is 0 Å². The van der Waals surface area contributed by atoms with Crippen molar-refractivity contribution in [2.45, 2.75) is 50.3 Å². The highest BCUT2D eigenvalue weighted by molar-refractivity contribution is 9.09. The Hall–Kier alpha value is -1.08. The van der Waals surface area contributed by atoms with E-state index in [4.69, 9.17) is 0 Å². The zero-order chi connectivity index (χ0) is 14.9. The van der Waals surface area contributed by atoms with Crippen LogP contribution in [0.1, 0.15) is 55.8 Å². The fraction of sp³-hybridized carbons (Fsp3) is 0.400. The Bertz CT molecular complexity index is 501. The van der Waals surface area contributed by atoms with Crippen LogP contribution in [0.15, 0.2) is 54.6 Å². The van der Waals surface area contributed by atoms with Gasteiger partial charge in [0.25, 0.3) is 0 Å². The van der Waals surface area contributed by atoms with Gasteiger partial charge in [-0.2, -0.15) is 0 Å². The van der Waals surface area contributed by atoms with Crippen molar-refractivity contribution >= 4 is 15.9 Å². The van der Waals surface area contributed by atoms with Gasteiger partial charge in [-0.3, -0.25) is 0 Å². The molecule has 0 aliphatic rings. The van der Waals surface area contributed by atoms with Crippen molar-refractivity contribution in [1.29, 1.82) is 0 Å². The summed E-state index contributed by atoms with van der Waals surface area (Å²) >= 11 is 3.84. The Morgan fingerprint density at radius 1 is 0.762 bits per heavy atom. The maximum Gasteiger partial charge on any atom is 0.0395 e. The molecule has 21 heavy (non-hydrogen) atoms. The molecule has 0 saturated heterocycles. The van der Waals surface area contributed by atoms with Crippen LogP contribution in [0.25, 0.3) is 11.1 Å². The molecule has 1 unspecified atom stereocenters. The molecular formula is C20H25Br. The first-order valence-electron chi connectivity index (χ1n) is 8.10. The molecule has 0 heterocycles. The van der Waals surface area contributed by atoms with Crippen molar-refractivity contribution in [1.82, 2.24) is 0 Å². The van der Waals surface area contributed by atoms with E-state index in [1.807, 2.05) is 0 Å². The average Bonchev–Trinajstić information content (AvgIpc) is 2.55. The average molecular weight is 345 g/mol. The van der Waals surface area contributed by atoms with Gasteiger partial charge in [-0.05, 0) is 23.1 Å². The van der Waals surface area contributed by atoms with Crippen molar-refractivity contribution in [3.8, 4) is 11.1 Å². The maximum absolute atomic E-state index is 3.84. The van der Waals surface area contributed by atoms with Gasteiger partial charge in [0.15, 0.2) is 0 Å². The molecule has 0 aromatic heterocycles. The van der Waals surface area contributed by atoms with Crippen molar-refractivity contribution in [2.24, 2.45) is 0 Å². The lowest BCUT2D eigenvalue weighted by atomic mass is 10.0. The normalized spacial score (nSPS) is 12.3. The second-order valence-electron chi connectivity index (χ2n) is 5.66. The highest BCUT2D eigenvalue weighted by Crippen LogP contribution is 2.30. The van der Waals surface area contributed by atoms with Crippen molar-refractivity contribution in [2.75, 3.05) is 0 Å². The Balaban J connectivity index is 1.87. The van der Waals surface area contributed by atoms with E-state index in [0.29, 0.717) is 4.83 Å². The van der Waals surface area contributed by atoms with Gasteiger partial charge in [0, 0.05) is 4.83 Å². The molecule has 2 aromatic rings. The molecular weight excluding hydrogens is 320 g/mol. The monoisotopic (exact) mass is 344 g/mol. The van der Waals surface area contributed by atoms with E-state index in [-0.39, 0.29) is 0 Å². The van der Waals surface area contributed by atoms with E-state index in [9.17, 15) is 0 Å². The minimum atomic E-state index is 0.490. The van der Waals surface area contributed by atoms with Crippen molar-refractivity contribution in [3.63, 3.8) is 0 Å². The molecule has 0 bridgehead atoms. The Labute approximate surface area is 137 Å². The van der Waals surface area contributed by atoms with Crippen molar-refractivity contribution in [3.05, 3.63) is 60.2 Å². The van der Waals surface area contributed by atoms with E-state index >= 15 is 0 Å². The molecule has 112 valence electrons. The van der Waals surface area contributed by atoms with Crippen LogP contribution in [-0.2, 0) is 0 Å². The standard InChI is InChI=1S/C20H25Br/c1-2-3-4-5-9-12-20(21)19-15-13-18(14-16-19)17-10-7-6-8-11-17/h6-8,10-11,13-16,20H,2-5,9,12H2,1H3. The summed E-state index contributed by atoms with van der Waals surface area (Å²) in [7, 11) is 0. The predicted octanol–water partition coefficient (Wildman–Crippen LogP) is 7.15. The largest absolute Gasteiger partial charge is 0.0839 e. The molecule has 0 fully saturated rings. The highest BCUT2D eigenvalue weighted by atomic mass is 79.9. The number of hydrogen-bond donors (Lipinski definition) is 0. The number of halogens is 1. The Kier molecular flexibility index (Phi) is 7.02. The lowest BCUT2D eigenvalue weighted by molar-refractivity contribution is 0.606. The lowest BCUT2D eigenvalue weighted by Crippen LogP contribution is -1.91. The summed E-state index contributed by atoms with van der Waals surface area (Å²) in [6, 6.07) is 19.5. The number of alkyl halides is 1. The Morgan fingerprint density at radius 3 is 2.05 bits per heavy atom. The van der Waals surface area contributed by atoms with Crippen LogP contribution in [0.4, 0.5) is 0 Å². The molecule has 0 aliphatic carbocycles. The van der Waals surface area contributed by atoms with Crippen LogP contribution in [0.5, 0.6) is 0 Å². The molecule has 0 amide bonds. The van der Waals surface area contributed by atoms with Crippen LogP contribution in [0, 0.1) is 0 Å². The number of unbranched alkanes of at least 4 members (excludes halogenated alkanes) is 4. The smallest absolute Gasteiger partial charge is 0.0395 e. The Morgan fingerprint density at radius 2 is 1.38 bits per heavy atom. The lowest BCUT2D eigenvalue weighted by Gasteiger charge is -2.11. The predicted molar refractivity (Wildman–Crippen MR) is 96.9 cm³/mol. The molecule has 1 atom stereocenters. The van der Waals surface area contributed by atoms with Gasteiger partial charge in [-0.1, -0.05) is 110 Å². The van der Waals surface area contributed by atoms with Crippen molar-refractivity contribution < 1.29 is 0 Å². The number of rotatable bonds is 8. The molecule has 0 radical (unpaired) electrons. The molecule has 0 aliphatic heterocycles. The third kappa shape index (κ3) is 5.32. The van der Waals surface area contributed by atoms with Gasteiger partial charge < -0.3 is 0 Å². The quantitative estimate of drug-likeness (QED) is 0.352. The molecule has 2 aromatic carbocycles. The summed E-state index contributed by atoms with van der Waals surface area (Å²) in [5, 5.41) is 0. The van der Waals surface area contributed by atoms with Gasteiger partial charge in [-0.25, -0.2) is 0 Å². The minimum Gasteiger partial charge on any atom is -0.0839 e. The zero-order valence-electron chi connectivity index (χ0n) is 12.9. The van der Waals surface area contributed by atoms with Crippen LogP contribution in [-0.4, -0.2) is 0 Å². The van der Waals surface area contributed by atoms with Crippen LogP contribution >= 0.6 is 15.9 Å². The third-order valence-corrected chi connectivity index (χ3v) is 4.93. The van der Waals surface area contributed by atoms with Gasteiger partial charge in [0.05, 0.1) is 0 Å². The van der Waals surface area contributed by atoms with Crippen LogP contribution in [0.2, 0.25) is 0 Å². The van der Waals surface area contributed by atoms with E-state index in [1.54, 1.807) is 0 Å². The summed E-state index contributed by atoms with van der Waals surface area (Å²) in [5.41, 5.74) is 3.97. The summed E-state index contributed by atoms with van der Waals surface area (Å²) in [4.78, 5) is 0.490. The zero-order valence-corrected chi connectivity index (χ0v) is 14.5. The van der Waals surface area contributed by atoms with Gasteiger partial charge >= 0.3 is 0 Å². The SMILES string of the molecule is CCCCCCCC(Br)c1ccc(-c2ccccc2)cc1. The van der Waals surface area contributed by atoms with Gasteiger partial charge in [0.2, 0.25) is 0 Å². The third-order valence-electron chi connectivity index (χ3n) is 3.94. The molecule has 2 rings (SSSR count). The van der Waals surface area contributed by atoms with Crippen LogP contribution in [0.3, 0.4) is 0 Å². The fourth-order valence-electron chi connectivity index (χ4n) is 2.61. The topological polar surface area (TPSA) is 0 Å². The fourth-order valence-corrected chi connectivity index (χ4v) is 3.24.